The Morgan fingerprint density at radius 3 is 2.56 bits per heavy atom. The molecule has 86 valence electrons. The third kappa shape index (κ3) is 3.14. The lowest BCUT2D eigenvalue weighted by molar-refractivity contribution is -0.140. The van der Waals surface area contributed by atoms with Gasteiger partial charge < -0.3 is 15.5 Å². The van der Waals surface area contributed by atoms with Gasteiger partial charge in [-0.3, -0.25) is 4.79 Å². The Hall–Kier alpha value is -1.73. The minimum atomic E-state index is -1.37. The maximum absolute atomic E-state index is 11.4. The maximum atomic E-state index is 11.4. The molecule has 1 aromatic rings. The van der Waals surface area contributed by atoms with E-state index in [4.69, 9.17) is 21.8 Å². The molecule has 0 aromatic carbocycles. The van der Waals surface area contributed by atoms with E-state index in [-0.39, 0.29) is 10.8 Å². The molecule has 1 aromatic heterocycles. The summed E-state index contributed by atoms with van der Waals surface area (Å²) in [6, 6.07) is 1.27. The second kappa shape index (κ2) is 5.38. The van der Waals surface area contributed by atoms with Gasteiger partial charge in [0.1, 0.15) is 0 Å². The van der Waals surface area contributed by atoms with Crippen LogP contribution >= 0.6 is 11.6 Å². The standard InChI is InChI=1S/C8H8ClN3O4/c9-6-2-1-4(11-12-6)7(14)10-5(3-13)8(15)16/h1-2,5,13H,3H2,(H,10,14)(H,15,16). The van der Waals surface area contributed by atoms with Crippen LogP contribution in [0.4, 0.5) is 0 Å². The van der Waals surface area contributed by atoms with E-state index in [9.17, 15) is 9.59 Å². The van der Waals surface area contributed by atoms with E-state index in [0.29, 0.717) is 0 Å². The molecule has 1 heterocycles. The molecule has 1 rings (SSSR count). The molecular formula is C8H8ClN3O4. The molecule has 1 unspecified atom stereocenters. The first-order chi connectivity index (χ1) is 7.54. The monoisotopic (exact) mass is 245 g/mol. The summed E-state index contributed by atoms with van der Waals surface area (Å²) in [5, 5.41) is 26.3. The predicted molar refractivity (Wildman–Crippen MR) is 53.0 cm³/mol. The van der Waals surface area contributed by atoms with Crippen molar-refractivity contribution in [2.24, 2.45) is 0 Å². The first-order valence-electron chi connectivity index (χ1n) is 4.18. The maximum Gasteiger partial charge on any atom is 0.328 e. The first-order valence-corrected chi connectivity index (χ1v) is 4.56. The van der Waals surface area contributed by atoms with Crippen LogP contribution in [-0.2, 0) is 4.79 Å². The molecule has 0 bridgehead atoms. The number of rotatable bonds is 4. The van der Waals surface area contributed by atoms with Crippen molar-refractivity contribution in [3.8, 4) is 0 Å². The number of hydrogen-bond acceptors (Lipinski definition) is 5. The fourth-order valence-corrected chi connectivity index (χ4v) is 0.956. The fraction of sp³-hybridized carbons (Fsp3) is 0.250. The summed E-state index contributed by atoms with van der Waals surface area (Å²) < 4.78 is 0. The molecule has 0 saturated heterocycles. The molecule has 1 atom stereocenters. The van der Waals surface area contributed by atoms with Gasteiger partial charge in [-0.2, -0.15) is 0 Å². The normalized spacial score (nSPS) is 11.9. The van der Waals surface area contributed by atoms with Crippen LogP contribution < -0.4 is 5.32 Å². The van der Waals surface area contributed by atoms with Crippen LogP contribution in [0.15, 0.2) is 12.1 Å². The Bertz CT molecular complexity index is 395. The number of amides is 1. The van der Waals surface area contributed by atoms with Gasteiger partial charge in [0.2, 0.25) is 0 Å². The molecule has 8 heteroatoms. The van der Waals surface area contributed by atoms with Crippen LogP contribution in [0.5, 0.6) is 0 Å². The number of carboxylic acid groups (broad SMARTS) is 1. The summed E-state index contributed by atoms with van der Waals surface area (Å²) in [6.07, 6.45) is 0. The SMILES string of the molecule is O=C(NC(CO)C(=O)O)c1ccc(Cl)nn1. The quantitative estimate of drug-likeness (QED) is 0.647. The van der Waals surface area contributed by atoms with Crippen molar-refractivity contribution < 1.29 is 19.8 Å². The molecule has 1 amide bonds. The van der Waals surface area contributed by atoms with E-state index >= 15 is 0 Å². The summed E-state index contributed by atoms with van der Waals surface area (Å²) in [7, 11) is 0. The number of halogens is 1. The van der Waals surface area contributed by atoms with Crippen LogP contribution in [0.3, 0.4) is 0 Å². The second-order valence-corrected chi connectivity index (χ2v) is 3.18. The molecule has 0 aliphatic heterocycles. The molecule has 0 saturated carbocycles. The Morgan fingerprint density at radius 1 is 1.44 bits per heavy atom. The number of nitrogens with one attached hydrogen (secondary N) is 1. The number of aliphatic hydroxyl groups is 1. The predicted octanol–water partition coefficient (Wildman–Crippen LogP) is -0.695. The van der Waals surface area contributed by atoms with E-state index in [1.165, 1.54) is 12.1 Å². The van der Waals surface area contributed by atoms with E-state index < -0.39 is 24.5 Å². The Kier molecular flexibility index (Phi) is 4.15. The van der Waals surface area contributed by atoms with Gasteiger partial charge in [0.15, 0.2) is 16.9 Å². The highest BCUT2D eigenvalue weighted by Crippen LogP contribution is 2.02. The highest BCUT2D eigenvalue weighted by atomic mass is 35.5. The van der Waals surface area contributed by atoms with Gasteiger partial charge in [0.25, 0.3) is 5.91 Å². The van der Waals surface area contributed by atoms with Crippen LogP contribution in [0.1, 0.15) is 10.5 Å². The van der Waals surface area contributed by atoms with Gasteiger partial charge in [-0.15, -0.1) is 10.2 Å². The van der Waals surface area contributed by atoms with Crippen LogP contribution in [0.25, 0.3) is 0 Å². The number of carboxylic acids is 1. The van der Waals surface area contributed by atoms with Gasteiger partial charge >= 0.3 is 5.97 Å². The topological polar surface area (TPSA) is 112 Å². The number of carbonyl (C=O) groups is 2. The van der Waals surface area contributed by atoms with Crippen LogP contribution in [-0.4, -0.2) is 44.9 Å². The molecule has 0 aliphatic rings. The average molecular weight is 246 g/mol. The summed E-state index contributed by atoms with van der Waals surface area (Å²) >= 11 is 5.46. The number of aliphatic carboxylic acids is 1. The highest BCUT2D eigenvalue weighted by molar-refractivity contribution is 6.29. The van der Waals surface area contributed by atoms with Crippen molar-refractivity contribution in [1.29, 1.82) is 0 Å². The third-order valence-electron chi connectivity index (χ3n) is 1.65. The second-order valence-electron chi connectivity index (χ2n) is 2.79. The molecule has 0 aliphatic carbocycles. The van der Waals surface area contributed by atoms with Gasteiger partial charge in [0, 0.05) is 0 Å². The largest absolute Gasteiger partial charge is 0.480 e. The van der Waals surface area contributed by atoms with Gasteiger partial charge in [-0.05, 0) is 12.1 Å². The van der Waals surface area contributed by atoms with Crippen molar-refractivity contribution in [1.82, 2.24) is 15.5 Å². The number of hydrogen-bond donors (Lipinski definition) is 3. The average Bonchev–Trinajstić information content (AvgIpc) is 2.26. The highest BCUT2D eigenvalue weighted by Gasteiger charge is 2.20. The first kappa shape index (κ1) is 12.3. The number of aromatic nitrogens is 2. The molecular weight excluding hydrogens is 238 g/mol. The lowest BCUT2D eigenvalue weighted by atomic mass is 10.3. The molecule has 16 heavy (non-hydrogen) atoms. The third-order valence-corrected chi connectivity index (χ3v) is 1.85. The number of carbonyl (C=O) groups excluding carboxylic acids is 1. The number of aliphatic hydroxyl groups excluding tert-OH is 1. The zero-order valence-electron chi connectivity index (χ0n) is 7.92. The summed E-state index contributed by atoms with van der Waals surface area (Å²) in [4.78, 5) is 21.9. The lowest BCUT2D eigenvalue weighted by Crippen LogP contribution is -2.43. The summed E-state index contributed by atoms with van der Waals surface area (Å²) in [5.74, 6) is -2.08. The zero-order chi connectivity index (χ0) is 12.1. The van der Waals surface area contributed by atoms with E-state index in [0.717, 1.165) is 0 Å². The molecule has 3 N–H and O–H groups in total. The Morgan fingerprint density at radius 2 is 2.12 bits per heavy atom. The van der Waals surface area contributed by atoms with Crippen molar-refractivity contribution in [2.45, 2.75) is 6.04 Å². The van der Waals surface area contributed by atoms with E-state index in [2.05, 4.69) is 15.5 Å². The van der Waals surface area contributed by atoms with Crippen molar-refractivity contribution in [2.75, 3.05) is 6.61 Å². The van der Waals surface area contributed by atoms with Crippen molar-refractivity contribution in [3.05, 3.63) is 23.0 Å². The minimum absolute atomic E-state index is 0.0795. The van der Waals surface area contributed by atoms with E-state index in [1.807, 2.05) is 0 Å². The van der Waals surface area contributed by atoms with Gasteiger partial charge in [-0.1, -0.05) is 11.6 Å². The fourth-order valence-electron chi connectivity index (χ4n) is 0.855. The molecule has 0 radical (unpaired) electrons. The Labute approximate surface area is 95.1 Å². The van der Waals surface area contributed by atoms with Crippen molar-refractivity contribution >= 4 is 23.5 Å². The molecule has 7 nitrogen and oxygen atoms in total. The smallest absolute Gasteiger partial charge is 0.328 e. The molecule has 0 spiro atoms. The van der Waals surface area contributed by atoms with Crippen LogP contribution in [0, 0.1) is 0 Å². The van der Waals surface area contributed by atoms with E-state index in [1.54, 1.807) is 0 Å². The summed E-state index contributed by atoms with van der Waals surface area (Å²) in [6.45, 7) is -0.706. The van der Waals surface area contributed by atoms with Gasteiger partial charge in [0.05, 0.1) is 6.61 Å². The molecule has 0 fully saturated rings. The van der Waals surface area contributed by atoms with Crippen molar-refractivity contribution in [3.63, 3.8) is 0 Å². The summed E-state index contributed by atoms with van der Waals surface area (Å²) in [5.41, 5.74) is -0.0795. The Balaban J connectivity index is 2.71. The van der Waals surface area contributed by atoms with Crippen LogP contribution in [0.2, 0.25) is 5.15 Å². The zero-order valence-corrected chi connectivity index (χ0v) is 8.68. The number of nitrogens with zero attached hydrogens (tertiary/aromatic N) is 2. The van der Waals surface area contributed by atoms with Gasteiger partial charge in [-0.25, -0.2) is 4.79 Å². The lowest BCUT2D eigenvalue weighted by Gasteiger charge is -2.10. The minimum Gasteiger partial charge on any atom is -0.480 e.